The van der Waals surface area contributed by atoms with Gasteiger partial charge in [0.1, 0.15) is 0 Å². The molecular formula is C14H21N3O. The summed E-state index contributed by atoms with van der Waals surface area (Å²) in [5.74, 6) is -0.0603. The van der Waals surface area contributed by atoms with Gasteiger partial charge >= 0.3 is 0 Å². The monoisotopic (exact) mass is 247 g/mol. The van der Waals surface area contributed by atoms with Crippen molar-refractivity contribution in [1.82, 2.24) is 5.32 Å². The predicted octanol–water partition coefficient (Wildman–Crippen LogP) is 1.12. The van der Waals surface area contributed by atoms with Crippen molar-refractivity contribution in [3.8, 4) is 0 Å². The first-order valence-corrected chi connectivity index (χ1v) is 6.53. The maximum Gasteiger partial charge on any atom is 0.236 e. The normalized spacial score (nSPS) is 21.4. The SMILES string of the molecule is C[C@@H](N)C(=O)NC1CCCN(c2ccccc2)C1. The van der Waals surface area contributed by atoms with Crippen LogP contribution < -0.4 is 16.0 Å². The van der Waals surface area contributed by atoms with E-state index in [9.17, 15) is 4.79 Å². The highest BCUT2D eigenvalue weighted by Crippen LogP contribution is 2.19. The van der Waals surface area contributed by atoms with E-state index < -0.39 is 6.04 Å². The van der Waals surface area contributed by atoms with Crippen molar-refractivity contribution in [2.45, 2.75) is 31.8 Å². The number of anilines is 1. The smallest absolute Gasteiger partial charge is 0.236 e. The molecule has 1 amide bonds. The molecule has 1 fully saturated rings. The van der Waals surface area contributed by atoms with Crippen molar-refractivity contribution in [3.05, 3.63) is 30.3 Å². The molecule has 2 atom stereocenters. The number of nitrogens with one attached hydrogen (secondary N) is 1. The lowest BCUT2D eigenvalue weighted by molar-refractivity contribution is -0.122. The average molecular weight is 247 g/mol. The molecule has 1 unspecified atom stereocenters. The van der Waals surface area contributed by atoms with Crippen molar-refractivity contribution >= 4 is 11.6 Å². The molecule has 4 nitrogen and oxygen atoms in total. The first-order valence-electron chi connectivity index (χ1n) is 6.53. The van der Waals surface area contributed by atoms with Gasteiger partial charge < -0.3 is 16.0 Å². The molecule has 0 aliphatic carbocycles. The second-order valence-electron chi connectivity index (χ2n) is 4.92. The predicted molar refractivity (Wildman–Crippen MR) is 73.5 cm³/mol. The molecule has 0 bridgehead atoms. The van der Waals surface area contributed by atoms with Crippen LogP contribution in [0, 0.1) is 0 Å². The van der Waals surface area contributed by atoms with E-state index in [0.29, 0.717) is 0 Å². The van der Waals surface area contributed by atoms with E-state index in [1.54, 1.807) is 6.92 Å². The van der Waals surface area contributed by atoms with E-state index in [1.807, 2.05) is 18.2 Å². The van der Waals surface area contributed by atoms with Gasteiger partial charge in [-0.3, -0.25) is 4.79 Å². The third kappa shape index (κ3) is 3.23. The molecule has 2 rings (SSSR count). The Kier molecular flexibility index (Phi) is 4.20. The zero-order chi connectivity index (χ0) is 13.0. The van der Waals surface area contributed by atoms with Crippen molar-refractivity contribution in [1.29, 1.82) is 0 Å². The zero-order valence-corrected chi connectivity index (χ0v) is 10.8. The molecule has 98 valence electrons. The number of amides is 1. The van der Waals surface area contributed by atoms with Crippen LogP contribution in [0.5, 0.6) is 0 Å². The third-order valence-electron chi connectivity index (χ3n) is 3.30. The number of benzene rings is 1. The molecule has 0 aromatic heterocycles. The van der Waals surface area contributed by atoms with Gasteiger partial charge in [0.25, 0.3) is 0 Å². The first-order chi connectivity index (χ1) is 8.66. The molecule has 1 aromatic rings. The number of rotatable bonds is 3. The quantitative estimate of drug-likeness (QED) is 0.841. The molecule has 1 aliphatic rings. The van der Waals surface area contributed by atoms with Gasteiger partial charge in [0.2, 0.25) is 5.91 Å². The van der Waals surface area contributed by atoms with E-state index >= 15 is 0 Å². The van der Waals surface area contributed by atoms with E-state index in [4.69, 9.17) is 5.73 Å². The van der Waals surface area contributed by atoms with E-state index in [1.165, 1.54) is 5.69 Å². The van der Waals surface area contributed by atoms with Crippen LogP contribution in [-0.4, -0.2) is 31.1 Å². The summed E-state index contributed by atoms with van der Waals surface area (Å²) in [5, 5.41) is 3.01. The van der Waals surface area contributed by atoms with Crippen LogP contribution >= 0.6 is 0 Å². The largest absolute Gasteiger partial charge is 0.369 e. The molecule has 0 radical (unpaired) electrons. The summed E-state index contributed by atoms with van der Waals surface area (Å²) in [6.45, 7) is 3.63. The Bertz CT molecular complexity index is 391. The summed E-state index contributed by atoms with van der Waals surface area (Å²) in [4.78, 5) is 13.9. The van der Waals surface area contributed by atoms with Gasteiger partial charge in [-0.05, 0) is 31.9 Å². The van der Waals surface area contributed by atoms with Gasteiger partial charge in [-0.1, -0.05) is 18.2 Å². The molecule has 1 aromatic carbocycles. The van der Waals surface area contributed by atoms with Crippen molar-refractivity contribution < 1.29 is 4.79 Å². The number of hydrogen-bond acceptors (Lipinski definition) is 3. The molecule has 1 heterocycles. The minimum absolute atomic E-state index is 0.0603. The second kappa shape index (κ2) is 5.87. The topological polar surface area (TPSA) is 58.4 Å². The average Bonchev–Trinajstić information content (AvgIpc) is 2.40. The summed E-state index contributed by atoms with van der Waals surface area (Å²) in [5.41, 5.74) is 6.79. The summed E-state index contributed by atoms with van der Waals surface area (Å²) >= 11 is 0. The van der Waals surface area contributed by atoms with Crippen LogP contribution in [0.4, 0.5) is 5.69 Å². The number of nitrogens with two attached hydrogens (primary N) is 1. The van der Waals surface area contributed by atoms with Gasteiger partial charge in [-0.15, -0.1) is 0 Å². The highest BCUT2D eigenvalue weighted by molar-refractivity contribution is 5.81. The van der Waals surface area contributed by atoms with Gasteiger partial charge in [0.05, 0.1) is 6.04 Å². The molecule has 18 heavy (non-hydrogen) atoms. The standard InChI is InChI=1S/C14H21N3O/c1-11(15)14(18)16-12-6-5-9-17(10-12)13-7-3-2-4-8-13/h2-4,7-8,11-12H,5-6,9-10,15H2,1H3,(H,16,18)/t11-,12?/m1/s1. The first kappa shape index (κ1) is 12.9. The van der Waals surface area contributed by atoms with Crippen molar-refractivity contribution in [2.75, 3.05) is 18.0 Å². The Balaban J connectivity index is 1.95. The fourth-order valence-electron chi connectivity index (χ4n) is 2.30. The minimum atomic E-state index is -0.433. The fraction of sp³-hybridized carbons (Fsp3) is 0.500. The Hall–Kier alpha value is -1.55. The number of piperidine rings is 1. The number of nitrogens with zero attached hydrogens (tertiary/aromatic N) is 1. The zero-order valence-electron chi connectivity index (χ0n) is 10.8. The van der Waals surface area contributed by atoms with Gasteiger partial charge in [-0.2, -0.15) is 0 Å². The Morgan fingerprint density at radius 1 is 1.44 bits per heavy atom. The van der Waals surface area contributed by atoms with E-state index in [2.05, 4.69) is 22.3 Å². The maximum atomic E-state index is 11.6. The maximum absolute atomic E-state index is 11.6. The molecule has 3 N–H and O–H groups in total. The number of hydrogen-bond donors (Lipinski definition) is 2. The van der Waals surface area contributed by atoms with Crippen LogP contribution in [0.3, 0.4) is 0 Å². The molecule has 1 aliphatic heterocycles. The fourth-order valence-corrected chi connectivity index (χ4v) is 2.30. The second-order valence-corrected chi connectivity index (χ2v) is 4.92. The molecule has 4 heteroatoms. The van der Waals surface area contributed by atoms with Gasteiger partial charge in [0, 0.05) is 24.8 Å². The highest BCUT2D eigenvalue weighted by Gasteiger charge is 2.22. The van der Waals surface area contributed by atoms with E-state index in [0.717, 1.165) is 25.9 Å². The number of para-hydroxylation sites is 1. The van der Waals surface area contributed by atoms with Crippen LogP contribution in [-0.2, 0) is 4.79 Å². The van der Waals surface area contributed by atoms with E-state index in [-0.39, 0.29) is 11.9 Å². The Labute approximate surface area is 108 Å². The summed E-state index contributed by atoms with van der Waals surface area (Å²) < 4.78 is 0. The van der Waals surface area contributed by atoms with Crippen molar-refractivity contribution in [2.24, 2.45) is 5.73 Å². The highest BCUT2D eigenvalue weighted by atomic mass is 16.2. The van der Waals surface area contributed by atoms with Crippen LogP contribution in [0.15, 0.2) is 30.3 Å². The van der Waals surface area contributed by atoms with Crippen LogP contribution in [0.1, 0.15) is 19.8 Å². The lowest BCUT2D eigenvalue weighted by atomic mass is 10.0. The summed E-state index contributed by atoms with van der Waals surface area (Å²) in [7, 11) is 0. The lowest BCUT2D eigenvalue weighted by Crippen LogP contribution is -2.51. The Morgan fingerprint density at radius 3 is 2.83 bits per heavy atom. The van der Waals surface area contributed by atoms with Crippen LogP contribution in [0.2, 0.25) is 0 Å². The summed E-state index contributed by atoms with van der Waals surface area (Å²) in [6.07, 6.45) is 2.13. The van der Waals surface area contributed by atoms with Gasteiger partial charge in [-0.25, -0.2) is 0 Å². The Morgan fingerprint density at radius 2 is 2.17 bits per heavy atom. The third-order valence-corrected chi connectivity index (χ3v) is 3.30. The lowest BCUT2D eigenvalue weighted by Gasteiger charge is -2.35. The molecule has 1 saturated heterocycles. The number of carbonyl (C=O) groups is 1. The molecular weight excluding hydrogens is 226 g/mol. The molecule has 0 spiro atoms. The summed E-state index contributed by atoms with van der Waals surface area (Å²) in [6, 6.07) is 10.1. The molecule has 0 saturated carbocycles. The van der Waals surface area contributed by atoms with Crippen molar-refractivity contribution in [3.63, 3.8) is 0 Å². The van der Waals surface area contributed by atoms with Gasteiger partial charge in [0.15, 0.2) is 0 Å². The number of carbonyl (C=O) groups excluding carboxylic acids is 1. The van der Waals surface area contributed by atoms with Crippen LogP contribution in [0.25, 0.3) is 0 Å². The minimum Gasteiger partial charge on any atom is -0.369 e.